The molecule has 1 aromatic heterocycles. The molecule has 9 heteroatoms. The Bertz CT molecular complexity index is 1250. The molecule has 5 rings (SSSR count). The number of piperazine rings is 2. The average molecular weight is 499 g/mol. The predicted octanol–water partition coefficient (Wildman–Crippen LogP) is 2.34. The molecule has 2 aliphatic rings. The molecule has 0 saturated carbocycles. The quantitative estimate of drug-likeness (QED) is 0.561. The van der Waals surface area contributed by atoms with E-state index < -0.39 is 0 Å². The highest BCUT2D eigenvalue weighted by Gasteiger charge is 2.26. The number of pyridine rings is 1. The standard InChI is InChI=1S/C28H30N6O3/c35-26(21-5-2-1-3-6-21)31-24-19-22(27(36)33-13-11-29-12-14-33)8-9-25(24)32-15-17-34(18-16-32)28(37)23-7-4-10-30-20-23/h1-10,19-20,29H,11-18H2,(H,31,35). The first kappa shape index (κ1) is 24.5. The van der Waals surface area contributed by atoms with Crippen molar-refractivity contribution in [3.63, 3.8) is 0 Å². The van der Waals surface area contributed by atoms with Gasteiger partial charge in [-0.25, -0.2) is 0 Å². The number of rotatable bonds is 5. The van der Waals surface area contributed by atoms with E-state index in [9.17, 15) is 14.4 Å². The lowest BCUT2D eigenvalue weighted by Gasteiger charge is -2.37. The molecule has 0 aliphatic carbocycles. The summed E-state index contributed by atoms with van der Waals surface area (Å²) in [5.41, 5.74) is 3.07. The van der Waals surface area contributed by atoms with Crippen molar-refractivity contribution < 1.29 is 14.4 Å². The van der Waals surface area contributed by atoms with E-state index in [2.05, 4.69) is 20.5 Å². The smallest absolute Gasteiger partial charge is 0.255 e. The van der Waals surface area contributed by atoms with Crippen molar-refractivity contribution in [1.29, 1.82) is 0 Å². The molecule has 2 saturated heterocycles. The molecule has 3 amide bonds. The molecule has 2 fully saturated rings. The minimum atomic E-state index is -0.237. The fraction of sp³-hybridized carbons (Fsp3) is 0.286. The van der Waals surface area contributed by atoms with Gasteiger partial charge in [-0.2, -0.15) is 0 Å². The number of nitrogens with one attached hydrogen (secondary N) is 2. The summed E-state index contributed by atoms with van der Waals surface area (Å²) in [4.78, 5) is 48.9. The maximum atomic E-state index is 13.2. The summed E-state index contributed by atoms with van der Waals surface area (Å²) in [5.74, 6) is -0.323. The molecule has 2 aliphatic heterocycles. The summed E-state index contributed by atoms with van der Waals surface area (Å²) in [6.45, 7) is 5.13. The lowest BCUT2D eigenvalue weighted by molar-refractivity contribution is 0.0731. The summed E-state index contributed by atoms with van der Waals surface area (Å²) in [7, 11) is 0. The Morgan fingerprint density at radius 3 is 2.11 bits per heavy atom. The Labute approximate surface area is 216 Å². The molecular formula is C28H30N6O3. The van der Waals surface area contributed by atoms with Crippen molar-refractivity contribution in [3.8, 4) is 0 Å². The van der Waals surface area contributed by atoms with Crippen molar-refractivity contribution >= 4 is 29.1 Å². The molecule has 0 atom stereocenters. The van der Waals surface area contributed by atoms with E-state index in [-0.39, 0.29) is 17.7 Å². The number of aromatic nitrogens is 1. The van der Waals surface area contributed by atoms with Crippen LogP contribution in [0.2, 0.25) is 0 Å². The Morgan fingerprint density at radius 1 is 0.730 bits per heavy atom. The van der Waals surface area contributed by atoms with E-state index in [0.29, 0.717) is 61.6 Å². The average Bonchev–Trinajstić information content (AvgIpc) is 2.98. The fourth-order valence-corrected chi connectivity index (χ4v) is 4.70. The van der Waals surface area contributed by atoms with Crippen molar-refractivity contribution in [2.75, 3.05) is 62.6 Å². The zero-order valence-electron chi connectivity index (χ0n) is 20.6. The summed E-state index contributed by atoms with van der Waals surface area (Å²) in [5, 5.41) is 6.29. The number of hydrogen-bond acceptors (Lipinski definition) is 6. The normalized spacial score (nSPS) is 15.8. The van der Waals surface area contributed by atoms with Crippen LogP contribution < -0.4 is 15.5 Å². The van der Waals surface area contributed by atoms with Gasteiger partial charge in [0.2, 0.25) is 0 Å². The number of hydrogen-bond donors (Lipinski definition) is 2. The summed E-state index contributed by atoms with van der Waals surface area (Å²) in [6.07, 6.45) is 3.23. The van der Waals surface area contributed by atoms with Crippen LogP contribution in [0.1, 0.15) is 31.1 Å². The number of anilines is 2. The van der Waals surface area contributed by atoms with Crippen LogP contribution in [0.15, 0.2) is 73.1 Å². The maximum absolute atomic E-state index is 13.2. The molecule has 3 heterocycles. The predicted molar refractivity (Wildman–Crippen MR) is 142 cm³/mol. The highest BCUT2D eigenvalue weighted by molar-refractivity contribution is 6.07. The van der Waals surface area contributed by atoms with Gasteiger partial charge in [0.05, 0.1) is 16.9 Å². The second-order valence-corrected chi connectivity index (χ2v) is 9.12. The van der Waals surface area contributed by atoms with Gasteiger partial charge in [0.15, 0.2) is 0 Å². The van der Waals surface area contributed by atoms with E-state index in [4.69, 9.17) is 0 Å². The third-order valence-electron chi connectivity index (χ3n) is 6.75. The molecule has 9 nitrogen and oxygen atoms in total. The van der Waals surface area contributed by atoms with Gasteiger partial charge in [0, 0.05) is 75.9 Å². The minimum absolute atomic E-state index is 0.0395. The van der Waals surface area contributed by atoms with Gasteiger partial charge >= 0.3 is 0 Å². The van der Waals surface area contributed by atoms with E-state index in [1.807, 2.05) is 40.1 Å². The first-order valence-corrected chi connectivity index (χ1v) is 12.5. The van der Waals surface area contributed by atoms with Crippen molar-refractivity contribution in [1.82, 2.24) is 20.1 Å². The highest BCUT2D eigenvalue weighted by atomic mass is 16.2. The van der Waals surface area contributed by atoms with Crippen LogP contribution in [-0.2, 0) is 0 Å². The van der Waals surface area contributed by atoms with E-state index in [1.54, 1.807) is 42.7 Å². The number of amides is 3. The van der Waals surface area contributed by atoms with E-state index >= 15 is 0 Å². The molecular weight excluding hydrogens is 468 g/mol. The van der Waals surface area contributed by atoms with Gasteiger partial charge in [0.1, 0.15) is 0 Å². The highest BCUT2D eigenvalue weighted by Crippen LogP contribution is 2.30. The lowest BCUT2D eigenvalue weighted by atomic mass is 10.1. The first-order valence-electron chi connectivity index (χ1n) is 12.5. The monoisotopic (exact) mass is 498 g/mol. The maximum Gasteiger partial charge on any atom is 0.255 e. The van der Waals surface area contributed by atoms with Gasteiger partial charge < -0.3 is 25.3 Å². The van der Waals surface area contributed by atoms with E-state index in [0.717, 1.165) is 18.8 Å². The zero-order chi connectivity index (χ0) is 25.6. The molecule has 190 valence electrons. The van der Waals surface area contributed by atoms with Crippen LogP contribution in [0, 0.1) is 0 Å². The largest absolute Gasteiger partial charge is 0.366 e. The molecule has 2 N–H and O–H groups in total. The van der Waals surface area contributed by atoms with Crippen LogP contribution in [0.5, 0.6) is 0 Å². The van der Waals surface area contributed by atoms with Gasteiger partial charge in [-0.05, 0) is 42.5 Å². The number of carbonyl (C=O) groups excluding carboxylic acids is 3. The number of carbonyl (C=O) groups is 3. The first-order chi connectivity index (χ1) is 18.1. The topological polar surface area (TPSA) is 97.9 Å². The summed E-state index contributed by atoms with van der Waals surface area (Å²) in [6, 6.07) is 18.0. The van der Waals surface area contributed by atoms with Gasteiger partial charge in [-0.15, -0.1) is 0 Å². The van der Waals surface area contributed by atoms with Gasteiger partial charge in [-0.1, -0.05) is 18.2 Å². The lowest BCUT2D eigenvalue weighted by Crippen LogP contribution is -2.49. The van der Waals surface area contributed by atoms with Crippen LogP contribution >= 0.6 is 0 Å². The second kappa shape index (κ2) is 11.2. The number of nitrogens with zero attached hydrogens (tertiary/aromatic N) is 4. The Morgan fingerprint density at radius 2 is 1.41 bits per heavy atom. The van der Waals surface area contributed by atoms with Gasteiger partial charge in [-0.3, -0.25) is 19.4 Å². The minimum Gasteiger partial charge on any atom is -0.366 e. The Balaban J connectivity index is 1.36. The molecule has 0 spiro atoms. The Hall–Kier alpha value is -4.24. The van der Waals surface area contributed by atoms with Crippen LogP contribution in [-0.4, -0.2) is 84.9 Å². The molecule has 37 heavy (non-hydrogen) atoms. The summed E-state index contributed by atoms with van der Waals surface area (Å²) < 4.78 is 0. The van der Waals surface area contributed by atoms with Gasteiger partial charge in [0.25, 0.3) is 17.7 Å². The fourth-order valence-electron chi connectivity index (χ4n) is 4.70. The van der Waals surface area contributed by atoms with Crippen LogP contribution in [0.25, 0.3) is 0 Å². The molecule has 2 aromatic carbocycles. The molecule has 0 bridgehead atoms. The van der Waals surface area contributed by atoms with E-state index in [1.165, 1.54) is 0 Å². The Kier molecular flexibility index (Phi) is 7.41. The van der Waals surface area contributed by atoms with Crippen LogP contribution in [0.3, 0.4) is 0 Å². The molecule has 3 aromatic rings. The molecule has 0 unspecified atom stereocenters. The van der Waals surface area contributed by atoms with Crippen LogP contribution in [0.4, 0.5) is 11.4 Å². The second-order valence-electron chi connectivity index (χ2n) is 9.12. The zero-order valence-corrected chi connectivity index (χ0v) is 20.6. The third kappa shape index (κ3) is 5.62. The summed E-state index contributed by atoms with van der Waals surface area (Å²) >= 11 is 0. The number of benzene rings is 2. The van der Waals surface area contributed by atoms with Crippen molar-refractivity contribution in [2.24, 2.45) is 0 Å². The van der Waals surface area contributed by atoms with Crippen molar-refractivity contribution in [2.45, 2.75) is 0 Å². The SMILES string of the molecule is O=C(Nc1cc(C(=O)N2CCNCC2)ccc1N1CCN(C(=O)c2cccnc2)CC1)c1ccccc1. The van der Waals surface area contributed by atoms with Crippen molar-refractivity contribution in [3.05, 3.63) is 89.7 Å². The third-order valence-corrected chi connectivity index (χ3v) is 6.75. The molecule has 0 radical (unpaired) electrons.